The van der Waals surface area contributed by atoms with Gasteiger partial charge in [0.15, 0.2) is 11.6 Å². The molecule has 2 amide bonds. The van der Waals surface area contributed by atoms with E-state index in [4.69, 9.17) is 4.42 Å². The van der Waals surface area contributed by atoms with Gasteiger partial charge in [0.25, 0.3) is 0 Å². The summed E-state index contributed by atoms with van der Waals surface area (Å²) in [6.07, 6.45) is 8.99. The van der Waals surface area contributed by atoms with Crippen LogP contribution in [0.4, 0.5) is 0 Å². The Hall–Kier alpha value is -3.06. The molecule has 2 fully saturated rings. The number of amides is 2. The topological polar surface area (TPSA) is 105 Å². The van der Waals surface area contributed by atoms with Crippen LogP contribution in [0.5, 0.6) is 0 Å². The zero-order valence-electron chi connectivity index (χ0n) is 19.8. The lowest BCUT2D eigenvalue weighted by Crippen LogP contribution is -2.43. The number of furan rings is 1. The maximum Gasteiger partial charge on any atom is 0.233 e. The Bertz CT molecular complexity index is 1240. The number of carbonyl (C=O) groups is 4. The molecule has 4 atom stereocenters. The third-order valence-electron chi connectivity index (χ3n) is 8.66. The van der Waals surface area contributed by atoms with Crippen molar-refractivity contribution in [3.63, 3.8) is 0 Å². The first-order valence-electron chi connectivity index (χ1n) is 12.7. The average Bonchev–Trinajstić information content (AvgIpc) is 3.44. The summed E-state index contributed by atoms with van der Waals surface area (Å²) >= 11 is 0. The Labute approximate surface area is 203 Å². The maximum atomic E-state index is 13.8. The number of ketones is 2. The van der Waals surface area contributed by atoms with Crippen molar-refractivity contribution in [3.05, 3.63) is 58.1 Å². The molecule has 1 N–H and O–H groups in total. The highest BCUT2D eigenvalue weighted by molar-refractivity contribution is 6.23. The first kappa shape index (κ1) is 22.4. The summed E-state index contributed by atoms with van der Waals surface area (Å²) in [5, 5.41) is 9.55. The molecule has 0 bridgehead atoms. The second-order valence-corrected chi connectivity index (χ2v) is 10.5. The van der Waals surface area contributed by atoms with Crippen molar-refractivity contribution in [2.45, 2.75) is 70.4 Å². The number of rotatable bonds is 3. The molecule has 7 heteroatoms. The standard InChI is InChI=1S/C28H29NO6/c1-14-11-21(31)20-12-19-17(24(25(20)26(14)32)22-10-7-16(13-30)35-22)8-9-18-23(19)28(34)29(27(18)33)15-5-3-2-4-6-15/h7-8,10-11,15,18-19,23-24,30H,2-6,9,12-13H2,1H3/t18-,19+,23-,24+/m0/s1. The van der Waals surface area contributed by atoms with Crippen molar-refractivity contribution < 1.29 is 28.7 Å². The molecule has 1 aliphatic heterocycles. The molecule has 1 saturated carbocycles. The molecular weight excluding hydrogens is 446 g/mol. The number of likely N-dealkylation sites (tertiary alicyclic amines) is 1. The van der Waals surface area contributed by atoms with Gasteiger partial charge < -0.3 is 9.52 Å². The van der Waals surface area contributed by atoms with Gasteiger partial charge in [-0.2, -0.15) is 0 Å². The summed E-state index contributed by atoms with van der Waals surface area (Å²) in [6.45, 7) is 1.36. The lowest BCUT2D eigenvalue weighted by atomic mass is 9.60. The van der Waals surface area contributed by atoms with Crippen LogP contribution in [0.2, 0.25) is 0 Å². The number of hydrogen-bond acceptors (Lipinski definition) is 6. The van der Waals surface area contributed by atoms with Gasteiger partial charge in [0.1, 0.15) is 18.1 Å². The lowest BCUT2D eigenvalue weighted by molar-refractivity contribution is -0.143. The Morgan fingerprint density at radius 3 is 2.51 bits per heavy atom. The Morgan fingerprint density at radius 2 is 1.80 bits per heavy atom. The average molecular weight is 476 g/mol. The number of imide groups is 1. The van der Waals surface area contributed by atoms with E-state index in [0.29, 0.717) is 34.7 Å². The molecule has 1 aromatic rings. The van der Waals surface area contributed by atoms with Crippen LogP contribution in [0.1, 0.15) is 69.3 Å². The highest BCUT2D eigenvalue weighted by atomic mass is 16.4. The predicted octanol–water partition coefficient (Wildman–Crippen LogP) is 3.53. The molecule has 2 heterocycles. The first-order valence-corrected chi connectivity index (χ1v) is 12.7. The van der Waals surface area contributed by atoms with Crippen LogP contribution in [0, 0.1) is 17.8 Å². The smallest absolute Gasteiger partial charge is 0.233 e. The van der Waals surface area contributed by atoms with Crippen LogP contribution in [0.3, 0.4) is 0 Å². The summed E-state index contributed by atoms with van der Waals surface area (Å²) in [6, 6.07) is 3.36. The van der Waals surface area contributed by atoms with E-state index in [-0.39, 0.29) is 48.4 Å². The molecule has 7 nitrogen and oxygen atoms in total. The lowest BCUT2D eigenvalue weighted by Gasteiger charge is -2.41. The molecule has 1 aromatic heterocycles. The summed E-state index contributed by atoms with van der Waals surface area (Å²) in [5.74, 6) is -1.64. The van der Waals surface area contributed by atoms with Crippen molar-refractivity contribution in [3.8, 4) is 0 Å². The SMILES string of the molecule is CC1=CC(=O)C2=C(C1=O)[C@@H](c1ccc(CO)o1)C1=CC[C@@H]3C(=O)N(C4CCCCC4)C(=O)[C@@H]3[C@@H]1C2. The number of Topliss-reactive ketones (excluding diaryl/α,β-unsaturated/α-hetero) is 1. The highest BCUT2D eigenvalue weighted by Gasteiger charge is 2.57. The van der Waals surface area contributed by atoms with Crippen LogP contribution >= 0.6 is 0 Å². The van der Waals surface area contributed by atoms with E-state index in [1.54, 1.807) is 24.0 Å². The van der Waals surface area contributed by atoms with Gasteiger partial charge in [0.2, 0.25) is 11.8 Å². The van der Waals surface area contributed by atoms with Crippen molar-refractivity contribution in [1.29, 1.82) is 0 Å². The van der Waals surface area contributed by atoms with Crippen LogP contribution in [0.25, 0.3) is 0 Å². The van der Waals surface area contributed by atoms with Gasteiger partial charge in [-0.3, -0.25) is 24.1 Å². The van der Waals surface area contributed by atoms with Crippen molar-refractivity contribution >= 4 is 23.4 Å². The van der Waals surface area contributed by atoms with Crippen molar-refractivity contribution in [2.75, 3.05) is 0 Å². The third kappa shape index (κ3) is 3.28. The molecule has 6 rings (SSSR count). The van der Waals surface area contributed by atoms with Gasteiger partial charge in [-0.15, -0.1) is 0 Å². The Balaban J connectivity index is 1.45. The van der Waals surface area contributed by atoms with Crippen LogP contribution in [-0.4, -0.2) is 39.4 Å². The van der Waals surface area contributed by atoms with Crippen LogP contribution < -0.4 is 0 Å². The van der Waals surface area contributed by atoms with E-state index in [9.17, 15) is 24.3 Å². The van der Waals surface area contributed by atoms with E-state index >= 15 is 0 Å². The quantitative estimate of drug-likeness (QED) is 0.407. The number of hydrogen-bond donors (Lipinski definition) is 1. The summed E-state index contributed by atoms with van der Waals surface area (Å²) < 4.78 is 5.89. The van der Waals surface area contributed by atoms with Gasteiger partial charge in [0.05, 0.1) is 17.8 Å². The van der Waals surface area contributed by atoms with E-state index in [1.807, 2.05) is 6.08 Å². The van der Waals surface area contributed by atoms with Crippen molar-refractivity contribution in [2.24, 2.45) is 17.8 Å². The maximum absolute atomic E-state index is 13.8. The van der Waals surface area contributed by atoms with E-state index in [0.717, 1.165) is 37.7 Å². The fourth-order valence-electron chi connectivity index (χ4n) is 7.05. The van der Waals surface area contributed by atoms with Crippen LogP contribution in [0.15, 0.2) is 51.0 Å². The van der Waals surface area contributed by atoms with E-state index in [1.165, 1.54) is 6.08 Å². The monoisotopic (exact) mass is 475 g/mol. The molecule has 0 unspecified atom stereocenters. The molecule has 35 heavy (non-hydrogen) atoms. The van der Waals surface area contributed by atoms with Gasteiger partial charge >= 0.3 is 0 Å². The normalized spacial score (nSPS) is 31.3. The number of nitrogens with zero attached hydrogens (tertiary/aromatic N) is 1. The van der Waals surface area contributed by atoms with Gasteiger partial charge in [-0.25, -0.2) is 0 Å². The summed E-state index contributed by atoms with van der Waals surface area (Å²) in [4.78, 5) is 55.2. The van der Waals surface area contributed by atoms with Gasteiger partial charge in [-0.1, -0.05) is 30.9 Å². The van der Waals surface area contributed by atoms with E-state index < -0.39 is 17.8 Å². The predicted molar refractivity (Wildman–Crippen MR) is 125 cm³/mol. The minimum atomic E-state index is -0.600. The summed E-state index contributed by atoms with van der Waals surface area (Å²) in [7, 11) is 0. The largest absolute Gasteiger partial charge is 0.463 e. The first-order chi connectivity index (χ1) is 16.9. The second kappa shape index (κ2) is 8.26. The second-order valence-electron chi connectivity index (χ2n) is 10.5. The van der Waals surface area contributed by atoms with Crippen molar-refractivity contribution in [1.82, 2.24) is 4.90 Å². The minimum Gasteiger partial charge on any atom is -0.463 e. The minimum absolute atomic E-state index is 0.0346. The fraction of sp³-hybridized carbons (Fsp3) is 0.500. The Kier molecular flexibility index (Phi) is 5.29. The third-order valence-corrected chi connectivity index (χ3v) is 8.66. The van der Waals surface area contributed by atoms with Gasteiger partial charge in [0, 0.05) is 22.8 Å². The van der Waals surface area contributed by atoms with Crippen LogP contribution in [-0.2, 0) is 25.8 Å². The number of allylic oxidation sites excluding steroid dienone is 6. The molecule has 1 saturated heterocycles. The number of aliphatic hydroxyl groups excluding tert-OH is 1. The highest BCUT2D eigenvalue weighted by Crippen LogP contribution is 2.55. The molecule has 4 aliphatic carbocycles. The molecule has 5 aliphatic rings. The molecule has 0 aromatic carbocycles. The Morgan fingerprint density at radius 1 is 1.03 bits per heavy atom. The zero-order valence-corrected chi connectivity index (χ0v) is 19.8. The fourth-order valence-corrected chi connectivity index (χ4v) is 7.05. The molecule has 0 spiro atoms. The van der Waals surface area contributed by atoms with Gasteiger partial charge in [-0.05, 0) is 56.7 Å². The molecular formula is C28H29NO6. The molecule has 182 valence electrons. The summed E-state index contributed by atoms with van der Waals surface area (Å²) in [5.41, 5.74) is 2.10. The number of aliphatic hydroxyl groups is 1. The number of carbonyl (C=O) groups excluding carboxylic acids is 4. The van der Waals surface area contributed by atoms with E-state index in [2.05, 4.69) is 0 Å². The zero-order chi connectivity index (χ0) is 24.4. The number of fused-ring (bicyclic) bond motifs is 3. The molecule has 0 radical (unpaired) electrons.